The van der Waals surface area contributed by atoms with Crippen molar-refractivity contribution in [2.45, 2.75) is 90.1 Å². The normalized spacial score (nSPS) is 32.7. The Bertz CT molecular complexity index is 281. The van der Waals surface area contributed by atoms with Crippen molar-refractivity contribution in [1.29, 1.82) is 0 Å². The molecule has 1 atom stereocenters. The molecule has 2 aliphatic carbocycles. The van der Waals surface area contributed by atoms with Crippen LogP contribution < -0.4 is 5.73 Å². The number of hydrogen-bond acceptors (Lipinski definition) is 2. The second-order valence-corrected chi connectivity index (χ2v) is 7.70. The summed E-state index contributed by atoms with van der Waals surface area (Å²) in [7, 11) is 0. The number of nitrogens with zero attached hydrogens (tertiary/aromatic N) is 1. The highest BCUT2D eigenvalue weighted by atomic mass is 15.2. The van der Waals surface area contributed by atoms with Gasteiger partial charge in [0.15, 0.2) is 0 Å². The lowest BCUT2D eigenvalue weighted by Gasteiger charge is -2.54. The average Bonchev–Trinajstić information content (AvgIpc) is 2.39. The van der Waals surface area contributed by atoms with E-state index >= 15 is 0 Å². The van der Waals surface area contributed by atoms with Gasteiger partial charge >= 0.3 is 0 Å². The van der Waals surface area contributed by atoms with Crippen LogP contribution in [0, 0.1) is 5.41 Å². The molecule has 2 rings (SSSR count). The van der Waals surface area contributed by atoms with Gasteiger partial charge in [-0.05, 0) is 44.1 Å². The molecule has 0 radical (unpaired) electrons. The molecular formula is C17H34N2. The summed E-state index contributed by atoms with van der Waals surface area (Å²) in [6.45, 7) is 9.24. The van der Waals surface area contributed by atoms with Crippen molar-refractivity contribution >= 4 is 0 Å². The molecule has 1 unspecified atom stereocenters. The first-order chi connectivity index (χ1) is 9.03. The highest BCUT2D eigenvalue weighted by Gasteiger charge is 2.44. The van der Waals surface area contributed by atoms with Gasteiger partial charge in [0.25, 0.3) is 0 Å². The molecular weight excluding hydrogens is 232 g/mol. The summed E-state index contributed by atoms with van der Waals surface area (Å²) in [6.07, 6.45) is 12.4. The van der Waals surface area contributed by atoms with E-state index in [1.54, 1.807) is 0 Å². The van der Waals surface area contributed by atoms with Crippen LogP contribution in [-0.2, 0) is 0 Å². The maximum absolute atomic E-state index is 6.30. The molecule has 2 fully saturated rings. The Balaban J connectivity index is 2.16. The summed E-state index contributed by atoms with van der Waals surface area (Å²) < 4.78 is 0. The van der Waals surface area contributed by atoms with Crippen molar-refractivity contribution in [3.05, 3.63) is 0 Å². The third kappa shape index (κ3) is 3.33. The first-order valence-electron chi connectivity index (χ1n) is 8.50. The van der Waals surface area contributed by atoms with Crippen LogP contribution in [0.1, 0.15) is 78.6 Å². The van der Waals surface area contributed by atoms with Crippen molar-refractivity contribution in [3.63, 3.8) is 0 Å². The number of rotatable bonds is 4. The molecule has 0 heterocycles. The van der Waals surface area contributed by atoms with E-state index in [0.29, 0.717) is 11.0 Å². The van der Waals surface area contributed by atoms with Crippen LogP contribution in [0.15, 0.2) is 0 Å². The lowest BCUT2D eigenvalue weighted by atomic mass is 9.66. The van der Waals surface area contributed by atoms with Crippen molar-refractivity contribution < 1.29 is 0 Å². The first kappa shape index (κ1) is 15.3. The SMILES string of the molecule is CCN(C1CCCCC1)C1(CN)CCCC(C)(C)C1. The maximum Gasteiger partial charge on any atom is 0.0339 e. The summed E-state index contributed by atoms with van der Waals surface area (Å²) in [5.74, 6) is 0. The van der Waals surface area contributed by atoms with Crippen molar-refractivity contribution in [3.8, 4) is 0 Å². The Labute approximate surface area is 120 Å². The summed E-state index contributed by atoms with van der Waals surface area (Å²) in [5.41, 5.74) is 7.06. The van der Waals surface area contributed by atoms with Gasteiger partial charge in [0.05, 0.1) is 0 Å². The molecule has 2 aliphatic rings. The molecule has 0 aromatic heterocycles. The summed E-state index contributed by atoms with van der Waals surface area (Å²) in [5, 5.41) is 0. The molecule has 2 nitrogen and oxygen atoms in total. The predicted octanol–water partition coefficient (Wildman–Crippen LogP) is 3.94. The fourth-order valence-corrected chi connectivity index (χ4v) is 4.87. The van der Waals surface area contributed by atoms with Gasteiger partial charge in [-0.15, -0.1) is 0 Å². The van der Waals surface area contributed by atoms with Crippen LogP contribution in [0.4, 0.5) is 0 Å². The van der Waals surface area contributed by atoms with E-state index in [-0.39, 0.29) is 0 Å². The number of likely N-dealkylation sites (N-methyl/N-ethyl adjacent to an activating group) is 1. The van der Waals surface area contributed by atoms with E-state index in [9.17, 15) is 0 Å². The minimum absolute atomic E-state index is 0.290. The monoisotopic (exact) mass is 266 g/mol. The van der Waals surface area contributed by atoms with E-state index in [0.717, 1.165) is 12.6 Å². The summed E-state index contributed by atoms with van der Waals surface area (Å²) >= 11 is 0. The smallest absolute Gasteiger partial charge is 0.0339 e. The van der Waals surface area contributed by atoms with E-state index in [1.807, 2.05) is 0 Å². The topological polar surface area (TPSA) is 29.3 Å². The Hall–Kier alpha value is -0.0800. The molecule has 0 aliphatic heterocycles. The Morgan fingerprint density at radius 3 is 2.26 bits per heavy atom. The summed E-state index contributed by atoms with van der Waals surface area (Å²) in [4.78, 5) is 2.81. The minimum Gasteiger partial charge on any atom is -0.329 e. The van der Waals surface area contributed by atoms with Crippen LogP contribution >= 0.6 is 0 Å². The van der Waals surface area contributed by atoms with Gasteiger partial charge in [0.2, 0.25) is 0 Å². The molecule has 2 saturated carbocycles. The molecule has 0 spiro atoms. The molecule has 2 N–H and O–H groups in total. The van der Waals surface area contributed by atoms with Crippen LogP contribution in [0.3, 0.4) is 0 Å². The molecule has 0 bridgehead atoms. The van der Waals surface area contributed by atoms with Gasteiger partial charge in [-0.25, -0.2) is 0 Å². The molecule has 0 aromatic carbocycles. The third-order valence-electron chi connectivity index (χ3n) is 5.65. The first-order valence-corrected chi connectivity index (χ1v) is 8.50. The predicted molar refractivity (Wildman–Crippen MR) is 83.3 cm³/mol. The maximum atomic E-state index is 6.30. The third-order valence-corrected chi connectivity index (χ3v) is 5.65. The molecule has 0 amide bonds. The minimum atomic E-state index is 0.290. The van der Waals surface area contributed by atoms with Gasteiger partial charge < -0.3 is 5.73 Å². The fourth-order valence-electron chi connectivity index (χ4n) is 4.87. The van der Waals surface area contributed by atoms with Crippen LogP contribution in [0.5, 0.6) is 0 Å². The molecule has 0 aromatic rings. The second-order valence-electron chi connectivity index (χ2n) is 7.70. The van der Waals surface area contributed by atoms with Gasteiger partial charge in [0.1, 0.15) is 0 Å². The molecule has 19 heavy (non-hydrogen) atoms. The van der Waals surface area contributed by atoms with E-state index in [4.69, 9.17) is 5.73 Å². The van der Waals surface area contributed by atoms with Gasteiger partial charge in [-0.3, -0.25) is 4.90 Å². The largest absolute Gasteiger partial charge is 0.329 e. The Morgan fingerprint density at radius 2 is 1.74 bits per heavy atom. The van der Waals surface area contributed by atoms with E-state index in [1.165, 1.54) is 64.3 Å². The highest BCUT2D eigenvalue weighted by Crippen LogP contribution is 2.45. The molecule has 112 valence electrons. The Kier molecular flexibility index (Phi) is 4.94. The van der Waals surface area contributed by atoms with Crippen LogP contribution in [0.2, 0.25) is 0 Å². The molecule has 2 heteroatoms. The van der Waals surface area contributed by atoms with Gasteiger partial charge in [-0.2, -0.15) is 0 Å². The number of hydrogen-bond donors (Lipinski definition) is 1. The van der Waals surface area contributed by atoms with Crippen LogP contribution in [0.25, 0.3) is 0 Å². The zero-order chi connectivity index (χ0) is 13.9. The average molecular weight is 266 g/mol. The van der Waals surface area contributed by atoms with Gasteiger partial charge in [0, 0.05) is 18.1 Å². The quantitative estimate of drug-likeness (QED) is 0.835. The van der Waals surface area contributed by atoms with E-state index < -0.39 is 0 Å². The standard InChI is InChI=1S/C17H34N2/c1-4-19(15-9-6-5-7-10-15)17(14-18)12-8-11-16(2,3)13-17/h15H,4-14,18H2,1-3H3. The fraction of sp³-hybridized carbons (Fsp3) is 1.00. The zero-order valence-electron chi connectivity index (χ0n) is 13.4. The van der Waals surface area contributed by atoms with Gasteiger partial charge in [-0.1, -0.05) is 46.5 Å². The van der Waals surface area contributed by atoms with Crippen LogP contribution in [-0.4, -0.2) is 29.6 Å². The second kappa shape index (κ2) is 6.13. The number of nitrogens with two attached hydrogens (primary N) is 1. The highest BCUT2D eigenvalue weighted by molar-refractivity contribution is 5.01. The van der Waals surface area contributed by atoms with E-state index in [2.05, 4.69) is 25.7 Å². The zero-order valence-corrected chi connectivity index (χ0v) is 13.4. The Morgan fingerprint density at radius 1 is 1.05 bits per heavy atom. The molecule has 0 saturated heterocycles. The summed E-state index contributed by atoms with van der Waals surface area (Å²) in [6, 6.07) is 0.802. The van der Waals surface area contributed by atoms with Crippen molar-refractivity contribution in [1.82, 2.24) is 4.90 Å². The van der Waals surface area contributed by atoms with Crippen molar-refractivity contribution in [2.24, 2.45) is 11.1 Å². The van der Waals surface area contributed by atoms with Crippen molar-refractivity contribution in [2.75, 3.05) is 13.1 Å². The lowest BCUT2D eigenvalue weighted by Crippen LogP contribution is -2.61. The lowest BCUT2D eigenvalue weighted by molar-refractivity contribution is -0.0247.